The molecule has 3 nitrogen and oxygen atoms in total. The van der Waals surface area contributed by atoms with Gasteiger partial charge in [0, 0.05) is 5.02 Å². The maximum absolute atomic E-state index is 13.8. The summed E-state index contributed by atoms with van der Waals surface area (Å²) in [5.74, 6) is -0.695. The lowest BCUT2D eigenvalue weighted by atomic mass is 10.1. The summed E-state index contributed by atoms with van der Waals surface area (Å²) >= 11 is 11.5. The number of ether oxygens (including phenoxy) is 1. The second-order valence-electron chi connectivity index (χ2n) is 5.12. The number of hydrogen-bond acceptors (Lipinski definition) is 2. The van der Waals surface area contributed by atoms with Crippen LogP contribution < -0.4 is 10.1 Å². The molecule has 0 saturated heterocycles. The largest absolute Gasteiger partial charge is 0.478 e. The molecule has 0 heterocycles. The predicted molar refractivity (Wildman–Crippen MR) is 86.2 cm³/mol. The van der Waals surface area contributed by atoms with Gasteiger partial charge in [0.2, 0.25) is 0 Å². The number of carbonyl (C=O) groups excluding carboxylic acids is 1. The third-order valence-electron chi connectivity index (χ3n) is 2.93. The molecular weight excluding hydrogens is 328 g/mol. The molecule has 0 bridgehead atoms. The summed E-state index contributed by atoms with van der Waals surface area (Å²) in [6.45, 7) is 3.17. The van der Waals surface area contributed by atoms with Gasteiger partial charge in [-0.2, -0.15) is 0 Å². The van der Waals surface area contributed by atoms with E-state index in [0.29, 0.717) is 10.8 Å². The van der Waals surface area contributed by atoms with Crippen molar-refractivity contribution in [1.29, 1.82) is 0 Å². The third kappa shape index (κ3) is 3.90. The molecule has 0 atom stereocenters. The minimum absolute atomic E-state index is 0.00489. The molecule has 0 saturated carbocycles. The molecule has 0 unspecified atom stereocenters. The zero-order chi connectivity index (χ0) is 16.3. The Kier molecular flexibility index (Phi) is 4.94. The van der Waals surface area contributed by atoms with E-state index in [-0.39, 0.29) is 10.7 Å². The first-order valence-corrected chi connectivity index (χ1v) is 7.25. The van der Waals surface area contributed by atoms with E-state index >= 15 is 0 Å². The molecular formula is C16H14Cl2FNO2. The van der Waals surface area contributed by atoms with Crippen LogP contribution >= 0.6 is 23.2 Å². The van der Waals surface area contributed by atoms with Gasteiger partial charge in [0.05, 0.1) is 10.7 Å². The lowest BCUT2D eigenvalue weighted by molar-refractivity contribution is -0.128. The van der Waals surface area contributed by atoms with Crippen molar-refractivity contribution in [1.82, 2.24) is 0 Å². The molecule has 2 rings (SSSR count). The van der Waals surface area contributed by atoms with E-state index in [0.717, 1.165) is 0 Å². The van der Waals surface area contributed by atoms with Gasteiger partial charge in [-0.3, -0.25) is 4.79 Å². The number of carbonyl (C=O) groups is 1. The first kappa shape index (κ1) is 16.6. The summed E-state index contributed by atoms with van der Waals surface area (Å²) in [7, 11) is 0. The quantitative estimate of drug-likeness (QED) is 0.856. The van der Waals surface area contributed by atoms with Gasteiger partial charge in [0.25, 0.3) is 5.91 Å². The van der Waals surface area contributed by atoms with Gasteiger partial charge >= 0.3 is 0 Å². The van der Waals surface area contributed by atoms with Crippen molar-refractivity contribution < 1.29 is 13.9 Å². The molecule has 1 amide bonds. The van der Waals surface area contributed by atoms with Gasteiger partial charge in [-0.05, 0) is 50.2 Å². The second-order valence-corrected chi connectivity index (χ2v) is 5.97. The smallest absolute Gasteiger partial charge is 0.268 e. The topological polar surface area (TPSA) is 38.3 Å². The number of nitrogens with one attached hydrogen (secondary N) is 1. The number of hydrogen-bond donors (Lipinski definition) is 1. The summed E-state index contributed by atoms with van der Waals surface area (Å²) in [6, 6.07) is 11.0. The van der Waals surface area contributed by atoms with E-state index in [9.17, 15) is 9.18 Å². The molecule has 1 N–H and O–H groups in total. The molecule has 6 heteroatoms. The number of benzene rings is 2. The molecule has 2 aromatic rings. The number of anilines is 1. The van der Waals surface area contributed by atoms with E-state index in [1.54, 1.807) is 44.2 Å². The number of amides is 1. The Balaban J connectivity index is 2.13. The summed E-state index contributed by atoms with van der Waals surface area (Å²) in [6.07, 6.45) is 0. The highest BCUT2D eigenvalue weighted by molar-refractivity contribution is 6.31. The summed E-state index contributed by atoms with van der Waals surface area (Å²) in [5, 5.41) is 2.98. The molecule has 0 radical (unpaired) electrons. The Labute approximate surface area is 138 Å². The van der Waals surface area contributed by atoms with Gasteiger partial charge in [-0.1, -0.05) is 29.3 Å². The minimum Gasteiger partial charge on any atom is -0.478 e. The van der Waals surface area contributed by atoms with E-state index in [1.165, 1.54) is 12.1 Å². The van der Waals surface area contributed by atoms with Gasteiger partial charge in [-0.25, -0.2) is 4.39 Å². The molecule has 0 spiro atoms. The van der Waals surface area contributed by atoms with Crippen LogP contribution in [0.15, 0.2) is 42.5 Å². The molecule has 0 aliphatic heterocycles. The third-order valence-corrected chi connectivity index (χ3v) is 3.48. The van der Waals surface area contributed by atoms with Crippen molar-refractivity contribution in [2.75, 3.05) is 5.32 Å². The summed E-state index contributed by atoms with van der Waals surface area (Å²) in [5.41, 5.74) is -1.20. The van der Waals surface area contributed by atoms with Crippen molar-refractivity contribution in [2.24, 2.45) is 0 Å². The van der Waals surface area contributed by atoms with E-state index < -0.39 is 17.3 Å². The standard InChI is InChI=1S/C16H14Cl2FNO2/c1-16(2,22-11-8-6-10(17)7-9-11)15(21)20-13-5-3-4-12(18)14(13)19/h3-9H,1-2H3,(H,20,21). The van der Waals surface area contributed by atoms with Crippen molar-refractivity contribution in [3.63, 3.8) is 0 Å². The Morgan fingerprint density at radius 2 is 1.77 bits per heavy atom. The fourth-order valence-electron chi connectivity index (χ4n) is 1.72. The Morgan fingerprint density at radius 1 is 1.14 bits per heavy atom. The second kappa shape index (κ2) is 6.55. The Hall–Kier alpha value is -1.78. The average Bonchev–Trinajstić information content (AvgIpc) is 2.46. The molecule has 0 aliphatic rings. The highest BCUT2D eigenvalue weighted by Crippen LogP contribution is 2.25. The molecule has 0 fully saturated rings. The fourth-order valence-corrected chi connectivity index (χ4v) is 2.02. The van der Waals surface area contributed by atoms with Crippen LogP contribution in [0.1, 0.15) is 13.8 Å². The zero-order valence-corrected chi connectivity index (χ0v) is 13.5. The van der Waals surface area contributed by atoms with Crippen LogP contribution in [0.2, 0.25) is 10.0 Å². The highest BCUT2D eigenvalue weighted by Gasteiger charge is 2.30. The van der Waals surface area contributed by atoms with Crippen LogP contribution in [0.4, 0.5) is 10.1 Å². The van der Waals surface area contributed by atoms with Crippen LogP contribution in [0.5, 0.6) is 5.75 Å². The fraction of sp³-hybridized carbons (Fsp3) is 0.188. The average molecular weight is 342 g/mol. The maximum Gasteiger partial charge on any atom is 0.268 e. The highest BCUT2D eigenvalue weighted by atomic mass is 35.5. The SMILES string of the molecule is CC(C)(Oc1ccc(Cl)cc1)C(=O)Nc1cccc(Cl)c1F. The molecule has 0 aliphatic carbocycles. The predicted octanol–water partition coefficient (Wildman–Crippen LogP) is 4.93. The number of rotatable bonds is 4. The van der Waals surface area contributed by atoms with Crippen LogP contribution in [0.25, 0.3) is 0 Å². The van der Waals surface area contributed by atoms with Crippen molar-refractivity contribution in [2.45, 2.75) is 19.4 Å². The van der Waals surface area contributed by atoms with Gasteiger partial charge in [0.15, 0.2) is 11.4 Å². The Morgan fingerprint density at radius 3 is 2.41 bits per heavy atom. The van der Waals surface area contributed by atoms with Crippen LogP contribution in [0.3, 0.4) is 0 Å². The van der Waals surface area contributed by atoms with Crippen LogP contribution in [-0.4, -0.2) is 11.5 Å². The van der Waals surface area contributed by atoms with Crippen molar-refractivity contribution in [3.05, 3.63) is 58.3 Å². The monoisotopic (exact) mass is 341 g/mol. The van der Waals surface area contributed by atoms with E-state index in [2.05, 4.69) is 5.32 Å². The first-order chi connectivity index (χ1) is 10.3. The van der Waals surface area contributed by atoms with Crippen molar-refractivity contribution in [3.8, 4) is 5.75 Å². The van der Waals surface area contributed by atoms with Gasteiger partial charge < -0.3 is 10.1 Å². The van der Waals surface area contributed by atoms with Crippen LogP contribution in [-0.2, 0) is 4.79 Å². The van der Waals surface area contributed by atoms with Crippen molar-refractivity contribution >= 4 is 34.8 Å². The summed E-state index contributed by atoms with van der Waals surface area (Å²) in [4.78, 5) is 12.3. The number of halogens is 3. The minimum atomic E-state index is -1.21. The van der Waals surface area contributed by atoms with Gasteiger partial charge in [-0.15, -0.1) is 0 Å². The Bertz CT molecular complexity index is 687. The molecule has 0 aromatic heterocycles. The lowest BCUT2D eigenvalue weighted by Crippen LogP contribution is -2.42. The molecule has 22 heavy (non-hydrogen) atoms. The van der Waals surface area contributed by atoms with Gasteiger partial charge in [0.1, 0.15) is 5.75 Å². The zero-order valence-electron chi connectivity index (χ0n) is 12.0. The van der Waals surface area contributed by atoms with Crippen LogP contribution in [0, 0.1) is 5.82 Å². The van der Waals surface area contributed by atoms with E-state index in [4.69, 9.17) is 27.9 Å². The maximum atomic E-state index is 13.8. The lowest BCUT2D eigenvalue weighted by Gasteiger charge is -2.25. The van der Waals surface area contributed by atoms with E-state index in [1.807, 2.05) is 0 Å². The molecule has 116 valence electrons. The summed E-state index contributed by atoms with van der Waals surface area (Å²) < 4.78 is 19.5. The normalized spacial score (nSPS) is 11.1. The first-order valence-electron chi connectivity index (χ1n) is 6.49. The molecule has 2 aromatic carbocycles.